The molecular weight excluding hydrogens is 456 g/mol. The van der Waals surface area contributed by atoms with Crippen molar-refractivity contribution < 1.29 is 28.9 Å². The minimum atomic E-state index is -1.70. The van der Waals surface area contributed by atoms with Crippen molar-refractivity contribution in [2.24, 2.45) is 17.6 Å². The smallest absolute Gasteiger partial charge is 0.323 e. The lowest BCUT2D eigenvalue weighted by Gasteiger charge is -2.43. The van der Waals surface area contributed by atoms with E-state index in [1.165, 1.54) is 10.8 Å². The van der Waals surface area contributed by atoms with Gasteiger partial charge in [0.1, 0.15) is 36.7 Å². The van der Waals surface area contributed by atoms with Gasteiger partial charge in [-0.15, -0.1) is 0 Å². The molecule has 0 aliphatic carbocycles. The molecule has 0 amide bonds. The van der Waals surface area contributed by atoms with E-state index >= 15 is 0 Å². The number of aromatic nitrogens is 3. The number of carbonyl (C=O) groups excluding carboxylic acids is 2. The van der Waals surface area contributed by atoms with Crippen molar-refractivity contribution in [1.29, 1.82) is 5.26 Å². The summed E-state index contributed by atoms with van der Waals surface area (Å²) >= 11 is 0. The first-order valence-electron chi connectivity index (χ1n) is 11.5. The molecule has 3 heterocycles. The van der Waals surface area contributed by atoms with Crippen LogP contribution in [0, 0.1) is 23.2 Å². The Morgan fingerprint density at radius 3 is 2.71 bits per heavy atom. The molecule has 0 saturated carbocycles. The van der Waals surface area contributed by atoms with Gasteiger partial charge in [-0.2, -0.15) is 10.4 Å². The lowest BCUT2D eigenvalue weighted by Crippen LogP contribution is -2.57. The Labute approximate surface area is 203 Å². The maximum Gasteiger partial charge on any atom is 0.323 e. The van der Waals surface area contributed by atoms with Gasteiger partial charge in [0.2, 0.25) is 0 Å². The highest BCUT2D eigenvalue weighted by Crippen LogP contribution is 2.39. The molecule has 0 radical (unpaired) electrons. The Morgan fingerprint density at radius 1 is 1.37 bits per heavy atom. The zero-order chi connectivity index (χ0) is 25.9. The number of nitrogen functional groups attached to an aromatic ring is 1. The quantitative estimate of drug-likeness (QED) is 0.443. The van der Waals surface area contributed by atoms with Gasteiger partial charge in [-0.3, -0.25) is 9.59 Å². The van der Waals surface area contributed by atoms with Crippen LogP contribution in [-0.4, -0.2) is 62.6 Å². The largest absolute Gasteiger partial charge is 0.463 e. The van der Waals surface area contributed by atoms with Crippen molar-refractivity contribution in [2.45, 2.75) is 70.5 Å². The number of anilines is 1. The summed E-state index contributed by atoms with van der Waals surface area (Å²) in [6, 6.07) is 4.42. The van der Waals surface area contributed by atoms with Gasteiger partial charge in [0, 0.05) is 12.8 Å². The maximum absolute atomic E-state index is 12.6. The molecule has 1 aliphatic heterocycles. The molecule has 12 heteroatoms. The number of carbonyl (C=O) groups is 2. The number of esters is 2. The molecule has 1 aliphatic rings. The minimum Gasteiger partial charge on any atom is -0.463 e. The third kappa shape index (κ3) is 5.53. The lowest BCUT2D eigenvalue weighted by molar-refractivity contribution is -0.228. The highest BCUT2D eigenvalue weighted by atomic mass is 16.6. The predicted octanol–water partition coefficient (Wildman–Crippen LogP) is 0.665. The van der Waals surface area contributed by atoms with Crippen LogP contribution in [0.2, 0.25) is 0 Å². The average molecular weight is 489 g/mol. The van der Waals surface area contributed by atoms with Crippen molar-refractivity contribution in [1.82, 2.24) is 14.6 Å². The molecule has 0 unspecified atom stereocenters. The van der Waals surface area contributed by atoms with Crippen LogP contribution in [0.1, 0.15) is 46.2 Å². The lowest BCUT2D eigenvalue weighted by atomic mass is 9.86. The normalized spacial score (nSPS) is 25.4. The Bertz CT molecular complexity index is 1110. The fourth-order valence-corrected chi connectivity index (χ4v) is 3.92. The third-order valence-electron chi connectivity index (χ3n) is 5.90. The summed E-state index contributed by atoms with van der Waals surface area (Å²) in [5, 5.41) is 25.4. The van der Waals surface area contributed by atoms with E-state index in [2.05, 4.69) is 16.2 Å². The van der Waals surface area contributed by atoms with Crippen molar-refractivity contribution in [3.63, 3.8) is 0 Å². The second kappa shape index (κ2) is 10.6. The van der Waals surface area contributed by atoms with Gasteiger partial charge in [0.15, 0.2) is 17.5 Å². The number of nitrogens with two attached hydrogens (primary N) is 2. The fourth-order valence-electron chi connectivity index (χ4n) is 3.92. The van der Waals surface area contributed by atoms with Crippen molar-refractivity contribution in [3.8, 4) is 6.07 Å². The zero-order valence-corrected chi connectivity index (χ0v) is 20.2. The molecule has 1 saturated heterocycles. The van der Waals surface area contributed by atoms with Crippen LogP contribution in [0.15, 0.2) is 18.5 Å². The average Bonchev–Trinajstić information content (AvgIpc) is 3.24. The topological polar surface area (TPSA) is 188 Å². The van der Waals surface area contributed by atoms with Crippen LogP contribution in [0.4, 0.5) is 5.82 Å². The zero-order valence-electron chi connectivity index (χ0n) is 20.2. The Morgan fingerprint density at radius 2 is 2.09 bits per heavy atom. The molecular formula is C23H32N6O6. The molecule has 2 aromatic heterocycles. The molecule has 12 nitrogen and oxygen atoms in total. The van der Waals surface area contributed by atoms with Gasteiger partial charge < -0.3 is 30.8 Å². The standard InChI is InChI=1S/C23H32N6O6/c1-12(2)7-18(31)33-9-16-20(34-22(32)19(25)13(3)4)15(30)8-23(10-24,35-16)17-6-5-14-21(26)27-11-28-29(14)17/h5-6,11-13,15-16,19-20,30H,7-9,25H2,1-4H3,(H2,26,27,28)/t15-,16+,19-,20-,23-/m0/s1. The Kier molecular flexibility index (Phi) is 7.94. The second-order valence-corrected chi connectivity index (χ2v) is 9.48. The molecule has 0 aromatic carbocycles. The summed E-state index contributed by atoms with van der Waals surface area (Å²) in [5.74, 6) is -1.16. The first kappa shape index (κ1) is 26.3. The molecule has 5 N–H and O–H groups in total. The van der Waals surface area contributed by atoms with Crippen molar-refractivity contribution in [3.05, 3.63) is 24.2 Å². The van der Waals surface area contributed by atoms with Crippen molar-refractivity contribution >= 4 is 23.3 Å². The number of rotatable bonds is 8. The van der Waals surface area contributed by atoms with Crippen LogP contribution in [0.25, 0.3) is 5.52 Å². The first-order chi connectivity index (χ1) is 16.5. The van der Waals surface area contributed by atoms with E-state index in [0.29, 0.717) is 11.2 Å². The molecule has 190 valence electrons. The summed E-state index contributed by atoms with van der Waals surface area (Å²) in [5.41, 5.74) is 10.9. The van der Waals surface area contributed by atoms with E-state index in [9.17, 15) is 20.0 Å². The monoisotopic (exact) mass is 488 g/mol. The summed E-state index contributed by atoms with van der Waals surface area (Å²) < 4.78 is 18.4. The number of fused-ring (bicyclic) bond motifs is 1. The Balaban J connectivity index is 1.95. The maximum atomic E-state index is 12.6. The number of nitrogens with zero attached hydrogens (tertiary/aromatic N) is 4. The van der Waals surface area contributed by atoms with E-state index in [1.54, 1.807) is 26.0 Å². The number of ether oxygens (including phenoxy) is 3. The second-order valence-electron chi connectivity index (χ2n) is 9.48. The van der Waals surface area contributed by atoms with E-state index in [-0.39, 0.29) is 37.1 Å². The molecule has 0 bridgehead atoms. The van der Waals surface area contributed by atoms with Crippen LogP contribution >= 0.6 is 0 Å². The highest BCUT2D eigenvalue weighted by Gasteiger charge is 2.52. The molecule has 35 heavy (non-hydrogen) atoms. The van der Waals surface area contributed by atoms with E-state index in [4.69, 9.17) is 25.7 Å². The molecule has 3 rings (SSSR count). The SMILES string of the molecule is CC(C)CC(=O)OC[C@H]1O[C@@](C#N)(c2ccc3c(N)ncnn23)C[C@H](O)[C@@H]1OC(=O)[C@@H](N)C(C)C. The van der Waals surface area contributed by atoms with E-state index in [0.717, 1.165) is 0 Å². The minimum absolute atomic E-state index is 0.0634. The number of aliphatic hydroxyl groups is 1. The third-order valence-corrected chi connectivity index (χ3v) is 5.90. The summed E-state index contributed by atoms with van der Waals surface area (Å²) in [4.78, 5) is 28.7. The van der Waals surface area contributed by atoms with Gasteiger partial charge >= 0.3 is 11.9 Å². The Hall–Kier alpha value is -3.27. The summed E-state index contributed by atoms with van der Waals surface area (Å²) in [6.45, 7) is 6.91. The number of hydrogen-bond donors (Lipinski definition) is 3. The molecule has 1 fully saturated rings. The molecule has 0 spiro atoms. The van der Waals surface area contributed by atoms with Crippen LogP contribution in [0.5, 0.6) is 0 Å². The van der Waals surface area contributed by atoms with Crippen LogP contribution in [0.3, 0.4) is 0 Å². The fraction of sp³-hybridized carbons (Fsp3) is 0.609. The predicted molar refractivity (Wildman–Crippen MR) is 123 cm³/mol. The van der Waals surface area contributed by atoms with Crippen LogP contribution < -0.4 is 11.5 Å². The van der Waals surface area contributed by atoms with E-state index in [1.807, 2.05) is 13.8 Å². The van der Waals surface area contributed by atoms with Gasteiger partial charge in [-0.1, -0.05) is 27.7 Å². The number of aliphatic hydroxyl groups excluding tert-OH is 1. The van der Waals surface area contributed by atoms with Crippen molar-refractivity contribution in [2.75, 3.05) is 12.3 Å². The molecule has 5 atom stereocenters. The van der Waals surface area contributed by atoms with Gasteiger partial charge in [-0.05, 0) is 24.0 Å². The van der Waals surface area contributed by atoms with Gasteiger partial charge in [-0.25, -0.2) is 9.50 Å². The molecule has 2 aromatic rings. The van der Waals surface area contributed by atoms with Crippen LogP contribution in [-0.2, 0) is 29.4 Å². The summed E-state index contributed by atoms with van der Waals surface area (Å²) in [7, 11) is 0. The summed E-state index contributed by atoms with van der Waals surface area (Å²) in [6.07, 6.45) is -2.54. The van der Waals surface area contributed by atoms with Gasteiger partial charge in [0.05, 0.1) is 11.8 Å². The van der Waals surface area contributed by atoms with Gasteiger partial charge in [0.25, 0.3) is 0 Å². The van der Waals surface area contributed by atoms with E-state index < -0.39 is 41.9 Å². The first-order valence-corrected chi connectivity index (χ1v) is 11.5. The number of nitriles is 1. The highest BCUT2D eigenvalue weighted by molar-refractivity contribution is 5.76. The number of hydrogen-bond acceptors (Lipinski definition) is 11.